The maximum atomic E-state index is 13.7. The van der Waals surface area contributed by atoms with Crippen LogP contribution in [0.3, 0.4) is 0 Å². The number of cyclic esters (lactones) is 1. The van der Waals surface area contributed by atoms with E-state index in [0.29, 0.717) is 24.8 Å². The lowest BCUT2D eigenvalue weighted by Crippen LogP contribution is -2.18. The molecule has 0 aromatic heterocycles. The Morgan fingerprint density at radius 2 is 1.89 bits per heavy atom. The fourth-order valence-corrected chi connectivity index (χ4v) is 3.24. The first-order valence-electron chi connectivity index (χ1n) is 9.29. The van der Waals surface area contributed by atoms with Crippen LogP contribution in [0.2, 0.25) is 0 Å². The maximum Gasteiger partial charge on any atom is 0.389 e. The predicted octanol–water partition coefficient (Wildman–Crippen LogP) is 5.52. The van der Waals surface area contributed by atoms with Gasteiger partial charge < -0.3 is 4.74 Å². The third-order valence-electron chi connectivity index (χ3n) is 4.67. The van der Waals surface area contributed by atoms with Gasteiger partial charge in [-0.15, -0.1) is 0 Å². The summed E-state index contributed by atoms with van der Waals surface area (Å²) >= 11 is 0. The van der Waals surface area contributed by atoms with Gasteiger partial charge in [0.05, 0.1) is 0 Å². The number of alkyl halides is 3. The summed E-state index contributed by atoms with van der Waals surface area (Å²) in [6, 6.07) is 0. The van der Waals surface area contributed by atoms with Crippen molar-refractivity contribution in [2.45, 2.75) is 70.1 Å². The number of fused-ring (bicyclic) bond motifs is 1. The highest BCUT2D eigenvalue weighted by Gasteiger charge is 2.30. The minimum absolute atomic E-state index is 0.0459. The number of allylic oxidation sites excluding steroid dienone is 5. The molecule has 1 aliphatic heterocycles. The predicted molar refractivity (Wildman–Crippen MR) is 92.4 cm³/mol. The Hall–Kier alpha value is -1.92. The van der Waals surface area contributed by atoms with Crippen LogP contribution in [-0.2, 0) is 14.3 Å². The van der Waals surface area contributed by atoms with Gasteiger partial charge in [0.1, 0.15) is 6.10 Å². The summed E-state index contributed by atoms with van der Waals surface area (Å²) in [5, 5.41) is 0. The van der Waals surface area contributed by atoms with Gasteiger partial charge >= 0.3 is 12.1 Å². The van der Waals surface area contributed by atoms with Crippen LogP contribution in [0, 0.1) is 5.92 Å². The lowest BCUT2D eigenvalue weighted by molar-refractivity contribution is -0.150. The van der Waals surface area contributed by atoms with E-state index in [9.17, 15) is 27.2 Å². The zero-order valence-electron chi connectivity index (χ0n) is 15.1. The van der Waals surface area contributed by atoms with E-state index in [-0.39, 0.29) is 38.0 Å². The SMILES string of the molecule is O=C1CCC/C=C\C[C@H]2C=C(F)C(=O)/C2=C/C[C@H](CCCCC(F)(F)F)O1. The van der Waals surface area contributed by atoms with Crippen molar-refractivity contribution in [3.05, 3.63) is 35.7 Å². The van der Waals surface area contributed by atoms with Gasteiger partial charge in [0.25, 0.3) is 0 Å². The van der Waals surface area contributed by atoms with E-state index < -0.39 is 36.3 Å². The molecule has 150 valence electrons. The van der Waals surface area contributed by atoms with Gasteiger partial charge in [0, 0.05) is 30.8 Å². The molecular weight excluding hydrogens is 364 g/mol. The number of carbonyl (C=O) groups is 2. The van der Waals surface area contributed by atoms with E-state index >= 15 is 0 Å². The second-order valence-electron chi connectivity index (χ2n) is 6.92. The van der Waals surface area contributed by atoms with Crippen LogP contribution in [-0.4, -0.2) is 24.0 Å². The van der Waals surface area contributed by atoms with E-state index in [1.54, 1.807) is 6.08 Å². The summed E-state index contributed by atoms with van der Waals surface area (Å²) in [6.07, 6.45) is 3.62. The van der Waals surface area contributed by atoms with Gasteiger partial charge in [-0.2, -0.15) is 13.2 Å². The van der Waals surface area contributed by atoms with E-state index in [1.807, 2.05) is 12.2 Å². The van der Waals surface area contributed by atoms with Crippen molar-refractivity contribution in [3.8, 4) is 0 Å². The molecule has 2 aliphatic rings. The number of esters is 1. The first kappa shape index (κ1) is 21.4. The molecule has 0 unspecified atom stereocenters. The van der Waals surface area contributed by atoms with E-state index in [2.05, 4.69) is 0 Å². The average Bonchev–Trinajstić information content (AvgIpc) is 2.85. The quantitative estimate of drug-likeness (QED) is 0.276. The number of unbranched alkanes of at least 4 members (excludes halogenated alkanes) is 1. The smallest absolute Gasteiger partial charge is 0.389 e. The summed E-state index contributed by atoms with van der Waals surface area (Å²) in [6.45, 7) is 0. The number of Topliss-reactive ketones (excluding diaryl/α,β-unsaturated/α-hetero) is 1. The number of ketones is 1. The topological polar surface area (TPSA) is 43.4 Å². The van der Waals surface area contributed by atoms with E-state index in [4.69, 9.17) is 4.74 Å². The molecule has 1 aliphatic carbocycles. The Kier molecular flexibility index (Phi) is 7.80. The fourth-order valence-electron chi connectivity index (χ4n) is 3.24. The summed E-state index contributed by atoms with van der Waals surface area (Å²) < 4.78 is 55.9. The van der Waals surface area contributed by atoms with E-state index in [0.717, 1.165) is 0 Å². The molecule has 3 nitrogen and oxygen atoms in total. The number of rotatable bonds is 4. The molecule has 0 saturated carbocycles. The average molecular weight is 388 g/mol. The van der Waals surface area contributed by atoms with Crippen LogP contribution in [0.1, 0.15) is 57.8 Å². The molecule has 0 spiro atoms. The van der Waals surface area contributed by atoms with Crippen molar-refractivity contribution in [3.63, 3.8) is 0 Å². The first-order chi connectivity index (χ1) is 12.8. The van der Waals surface area contributed by atoms with Crippen LogP contribution in [0.4, 0.5) is 17.6 Å². The van der Waals surface area contributed by atoms with Gasteiger partial charge in [-0.1, -0.05) is 18.2 Å². The molecular formula is C20H24F4O3. The maximum absolute atomic E-state index is 13.7. The number of ether oxygens (including phenoxy) is 1. The van der Waals surface area contributed by atoms with Crippen molar-refractivity contribution < 1.29 is 31.9 Å². The molecule has 2 atom stereocenters. The highest BCUT2D eigenvalue weighted by atomic mass is 19.4. The molecule has 0 N–H and O–H groups in total. The third kappa shape index (κ3) is 7.31. The molecule has 27 heavy (non-hydrogen) atoms. The van der Waals surface area contributed by atoms with Crippen LogP contribution in [0.15, 0.2) is 35.7 Å². The standard InChI is InChI=1S/C20H24F4O3/c21-17-13-14-7-3-1-2-4-9-18(25)27-15(10-11-16(14)19(17)26)8-5-6-12-20(22,23)24/h1,3,11,13-15H,2,4-10,12H2/b3-1-,16-11+/t14-,15-/m0/s1. The zero-order valence-corrected chi connectivity index (χ0v) is 15.1. The summed E-state index contributed by atoms with van der Waals surface area (Å²) in [5.74, 6) is -2.20. The Bertz CT molecular complexity index is 632. The van der Waals surface area contributed by atoms with Crippen LogP contribution in [0.5, 0.6) is 0 Å². The summed E-state index contributed by atoms with van der Waals surface area (Å²) in [5.41, 5.74) is 0.327. The monoisotopic (exact) mass is 388 g/mol. The molecule has 0 radical (unpaired) electrons. The van der Waals surface area contributed by atoms with Crippen LogP contribution in [0.25, 0.3) is 0 Å². The number of hydrogen-bond acceptors (Lipinski definition) is 3. The lowest BCUT2D eigenvalue weighted by Gasteiger charge is -2.17. The third-order valence-corrected chi connectivity index (χ3v) is 4.67. The minimum Gasteiger partial charge on any atom is -0.462 e. The largest absolute Gasteiger partial charge is 0.462 e. The summed E-state index contributed by atoms with van der Waals surface area (Å²) in [4.78, 5) is 23.9. The van der Waals surface area contributed by atoms with E-state index in [1.165, 1.54) is 6.08 Å². The highest BCUT2D eigenvalue weighted by molar-refractivity contribution is 6.09. The molecule has 0 saturated heterocycles. The zero-order chi connectivity index (χ0) is 19.9. The fraction of sp³-hybridized carbons (Fsp3) is 0.600. The Balaban J connectivity index is 2.05. The Morgan fingerprint density at radius 1 is 1.11 bits per heavy atom. The first-order valence-corrected chi connectivity index (χ1v) is 9.29. The van der Waals surface area contributed by atoms with Crippen molar-refractivity contribution >= 4 is 11.8 Å². The second kappa shape index (κ2) is 9.85. The Labute approximate surface area is 156 Å². The molecule has 0 aromatic rings. The van der Waals surface area contributed by atoms with Crippen molar-refractivity contribution in [2.24, 2.45) is 5.92 Å². The van der Waals surface area contributed by atoms with Gasteiger partial charge in [-0.25, -0.2) is 4.39 Å². The minimum atomic E-state index is -4.21. The van der Waals surface area contributed by atoms with Gasteiger partial charge in [0.15, 0.2) is 5.83 Å². The molecule has 1 heterocycles. The normalized spacial score (nSPS) is 28.0. The molecule has 7 heteroatoms. The van der Waals surface area contributed by atoms with Crippen molar-refractivity contribution in [2.75, 3.05) is 0 Å². The van der Waals surface area contributed by atoms with Crippen LogP contribution >= 0.6 is 0 Å². The Morgan fingerprint density at radius 3 is 2.63 bits per heavy atom. The van der Waals surface area contributed by atoms with Gasteiger partial charge in [-0.3, -0.25) is 9.59 Å². The molecule has 0 fully saturated rings. The highest BCUT2D eigenvalue weighted by Crippen LogP contribution is 2.32. The summed E-state index contributed by atoms with van der Waals surface area (Å²) in [7, 11) is 0. The van der Waals surface area contributed by atoms with Gasteiger partial charge in [-0.05, 0) is 44.6 Å². The molecule has 0 amide bonds. The molecule has 2 rings (SSSR count). The number of halogens is 4. The van der Waals surface area contributed by atoms with Crippen molar-refractivity contribution in [1.29, 1.82) is 0 Å². The molecule has 0 bridgehead atoms. The number of carbonyl (C=O) groups excluding carboxylic acids is 2. The van der Waals surface area contributed by atoms with Crippen molar-refractivity contribution in [1.82, 2.24) is 0 Å². The second-order valence-corrected chi connectivity index (χ2v) is 6.92. The lowest BCUT2D eigenvalue weighted by atomic mass is 9.95. The van der Waals surface area contributed by atoms with Gasteiger partial charge in [0.2, 0.25) is 5.78 Å². The van der Waals surface area contributed by atoms with Crippen LogP contribution < -0.4 is 0 Å². The molecule has 0 aromatic carbocycles. The number of hydrogen-bond donors (Lipinski definition) is 0.